The topological polar surface area (TPSA) is 9.23 Å². The maximum Gasteiger partial charge on any atom is 0.0831 e. The fraction of sp³-hybridized carbons (Fsp3) is 0.400. The van der Waals surface area contributed by atoms with Crippen molar-refractivity contribution in [2.24, 2.45) is 0 Å². The van der Waals surface area contributed by atoms with Crippen LogP contribution in [0, 0.1) is 0 Å². The normalized spacial score (nSPS) is 21.9. The number of rotatable bonds is 5. The van der Waals surface area contributed by atoms with E-state index < -0.39 is 8.07 Å². The Morgan fingerprint density at radius 1 is 0.864 bits per heavy atom. The monoisotopic (exact) mass is 310 g/mol. The Morgan fingerprint density at radius 3 is 2.14 bits per heavy atom. The van der Waals surface area contributed by atoms with Crippen LogP contribution in [0.1, 0.15) is 18.4 Å². The van der Waals surface area contributed by atoms with Crippen LogP contribution in [-0.2, 0) is 11.2 Å². The molecular weight excluding hydrogens is 284 g/mol. The van der Waals surface area contributed by atoms with Gasteiger partial charge in [0.15, 0.2) is 0 Å². The van der Waals surface area contributed by atoms with Gasteiger partial charge in [-0.1, -0.05) is 78.9 Å². The van der Waals surface area contributed by atoms with Crippen LogP contribution >= 0.6 is 0 Å². The van der Waals surface area contributed by atoms with Crippen molar-refractivity contribution < 1.29 is 4.74 Å². The second-order valence-electron chi connectivity index (χ2n) is 7.10. The van der Waals surface area contributed by atoms with Crippen LogP contribution in [0.2, 0.25) is 19.1 Å². The molecular formula is C20H26OSi. The summed E-state index contributed by atoms with van der Waals surface area (Å²) in [5, 5.41) is 1.55. The van der Waals surface area contributed by atoms with E-state index in [4.69, 9.17) is 4.74 Å². The third kappa shape index (κ3) is 3.87. The smallest absolute Gasteiger partial charge is 0.0831 e. The molecule has 2 aromatic carbocycles. The van der Waals surface area contributed by atoms with Gasteiger partial charge in [-0.05, 0) is 30.9 Å². The number of ether oxygens (including phenoxy) is 1. The van der Waals surface area contributed by atoms with Crippen molar-refractivity contribution in [1.29, 1.82) is 0 Å². The maximum absolute atomic E-state index is 6.36. The van der Waals surface area contributed by atoms with Crippen molar-refractivity contribution in [2.75, 3.05) is 0 Å². The lowest BCUT2D eigenvalue weighted by molar-refractivity contribution is 0.0558. The highest BCUT2D eigenvalue weighted by Crippen LogP contribution is 2.28. The van der Waals surface area contributed by atoms with Crippen LogP contribution in [0.5, 0.6) is 0 Å². The molecule has 22 heavy (non-hydrogen) atoms. The quantitative estimate of drug-likeness (QED) is 0.744. The Kier molecular flexibility index (Phi) is 4.80. The predicted molar refractivity (Wildman–Crippen MR) is 96.4 cm³/mol. The Bertz CT molecular complexity index is 579. The zero-order valence-corrected chi connectivity index (χ0v) is 14.7. The second-order valence-corrected chi connectivity index (χ2v) is 11.9. The molecule has 1 heterocycles. The Morgan fingerprint density at radius 2 is 1.45 bits per heavy atom. The average Bonchev–Trinajstić information content (AvgIpc) is 2.95. The second kappa shape index (κ2) is 6.80. The van der Waals surface area contributed by atoms with Crippen molar-refractivity contribution in [3.8, 4) is 0 Å². The molecule has 0 N–H and O–H groups in total. The first kappa shape index (κ1) is 15.5. The average molecular weight is 311 g/mol. The lowest BCUT2D eigenvalue weighted by Gasteiger charge is -2.26. The molecule has 0 unspecified atom stereocenters. The highest BCUT2D eigenvalue weighted by molar-refractivity contribution is 6.89. The van der Waals surface area contributed by atoms with Gasteiger partial charge in [-0.3, -0.25) is 0 Å². The van der Waals surface area contributed by atoms with Gasteiger partial charge >= 0.3 is 0 Å². The zero-order valence-electron chi connectivity index (χ0n) is 13.7. The van der Waals surface area contributed by atoms with E-state index in [0.717, 1.165) is 6.42 Å². The molecule has 0 aromatic heterocycles. The minimum Gasteiger partial charge on any atom is -0.375 e. The minimum atomic E-state index is -1.39. The molecule has 0 bridgehead atoms. The molecule has 3 rings (SSSR count). The number of benzene rings is 2. The van der Waals surface area contributed by atoms with Gasteiger partial charge in [-0.15, -0.1) is 0 Å². The maximum atomic E-state index is 6.36. The van der Waals surface area contributed by atoms with Crippen LogP contribution in [-0.4, -0.2) is 20.3 Å². The van der Waals surface area contributed by atoms with E-state index in [1.807, 2.05) is 0 Å². The summed E-state index contributed by atoms with van der Waals surface area (Å²) in [4.78, 5) is 0. The van der Waals surface area contributed by atoms with E-state index in [1.165, 1.54) is 24.4 Å². The summed E-state index contributed by atoms with van der Waals surface area (Å²) in [6.07, 6.45) is 4.35. The molecule has 1 aliphatic heterocycles. The first-order valence-corrected chi connectivity index (χ1v) is 11.6. The van der Waals surface area contributed by atoms with Crippen LogP contribution in [0.25, 0.3) is 0 Å². The van der Waals surface area contributed by atoms with Crippen molar-refractivity contribution in [3.05, 3.63) is 66.2 Å². The Balaban J connectivity index is 1.57. The van der Waals surface area contributed by atoms with Gasteiger partial charge in [0.1, 0.15) is 0 Å². The van der Waals surface area contributed by atoms with Crippen molar-refractivity contribution in [1.82, 2.24) is 0 Å². The zero-order chi connectivity index (χ0) is 15.4. The SMILES string of the molecule is C[Si](C)(C[C@@H]1CC[C@@H](Cc2ccccc2)O1)c1ccccc1. The standard InChI is InChI=1S/C20H26OSi/c1-22(2,20-11-7-4-8-12-20)16-19-14-13-18(21-19)15-17-9-5-3-6-10-17/h3-12,18-19H,13-16H2,1-2H3/t18-,19-/m0/s1. The molecule has 0 amide bonds. The molecule has 1 nitrogen and oxygen atoms in total. The Labute approximate surface area is 135 Å². The van der Waals surface area contributed by atoms with E-state index in [9.17, 15) is 0 Å². The highest BCUT2D eigenvalue weighted by atomic mass is 28.3. The Hall–Kier alpha value is -1.38. The summed E-state index contributed by atoms with van der Waals surface area (Å²) in [5.41, 5.74) is 1.40. The van der Waals surface area contributed by atoms with Gasteiger partial charge < -0.3 is 4.74 Å². The van der Waals surface area contributed by atoms with Crippen molar-refractivity contribution >= 4 is 13.3 Å². The molecule has 0 radical (unpaired) electrons. The molecule has 2 heteroatoms. The van der Waals surface area contributed by atoms with Crippen LogP contribution in [0.3, 0.4) is 0 Å². The van der Waals surface area contributed by atoms with E-state index in [2.05, 4.69) is 73.8 Å². The van der Waals surface area contributed by atoms with E-state index in [1.54, 1.807) is 5.19 Å². The molecule has 2 aromatic rings. The largest absolute Gasteiger partial charge is 0.375 e. The third-order valence-electron chi connectivity index (χ3n) is 4.79. The van der Waals surface area contributed by atoms with Gasteiger partial charge in [0.05, 0.1) is 20.3 Å². The van der Waals surface area contributed by atoms with Gasteiger partial charge in [-0.25, -0.2) is 0 Å². The fourth-order valence-corrected chi connectivity index (χ4v) is 6.30. The minimum absolute atomic E-state index is 0.410. The lowest BCUT2D eigenvalue weighted by atomic mass is 10.1. The highest BCUT2D eigenvalue weighted by Gasteiger charge is 2.32. The summed E-state index contributed by atoms with van der Waals surface area (Å²) < 4.78 is 6.36. The summed E-state index contributed by atoms with van der Waals surface area (Å²) in [7, 11) is -1.39. The lowest BCUT2D eigenvalue weighted by Crippen LogP contribution is -2.43. The number of hydrogen-bond acceptors (Lipinski definition) is 1. The number of hydrogen-bond donors (Lipinski definition) is 0. The van der Waals surface area contributed by atoms with Crippen molar-refractivity contribution in [3.63, 3.8) is 0 Å². The van der Waals surface area contributed by atoms with E-state index in [0.29, 0.717) is 12.2 Å². The summed E-state index contributed by atoms with van der Waals surface area (Å²) in [6, 6.07) is 23.0. The van der Waals surface area contributed by atoms with Crippen LogP contribution < -0.4 is 5.19 Å². The molecule has 0 saturated carbocycles. The van der Waals surface area contributed by atoms with Gasteiger partial charge in [0, 0.05) is 0 Å². The fourth-order valence-electron chi connectivity index (χ4n) is 3.53. The molecule has 116 valence electrons. The predicted octanol–water partition coefficient (Wildman–Crippen LogP) is 4.39. The van der Waals surface area contributed by atoms with Crippen LogP contribution in [0.15, 0.2) is 60.7 Å². The summed E-state index contributed by atoms with van der Waals surface area (Å²) >= 11 is 0. The molecule has 0 spiro atoms. The van der Waals surface area contributed by atoms with E-state index in [-0.39, 0.29) is 0 Å². The van der Waals surface area contributed by atoms with Gasteiger partial charge in [0.25, 0.3) is 0 Å². The van der Waals surface area contributed by atoms with E-state index >= 15 is 0 Å². The third-order valence-corrected chi connectivity index (χ3v) is 8.17. The summed E-state index contributed by atoms with van der Waals surface area (Å²) in [6.45, 7) is 4.94. The first-order chi connectivity index (χ1) is 10.6. The molecule has 1 saturated heterocycles. The molecule has 2 atom stereocenters. The van der Waals surface area contributed by atoms with Crippen LogP contribution in [0.4, 0.5) is 0 Å². The van der Waals surface area contributed by atoms with Crippen molar-refractivity contribution in [2.45, 2.75) is 50.6 Å². The molecule has 1 aliphatic rings. The van der Waals surface area contributed by atoms with Gasteiger partial charge in [0.2, 0.25) is 0 Å². The first-order valence-electron chi connectivity index (χ1n) is 8.38. The molecule has 0 aliphatic carbocycles. The van der Waals surface area contributed by atoms with Gasteiger partial charge in [-0.2, -0.15) is 0 Å². The summed E-state index contributed by atoms with van der Waals surface area (Å²) in [5.74, 6) is 0. The molecule has 1 fully saturated rings.